The van der Waals surface area contributed by atoms with Crippen molar-refractivity contribution in [2.45, 2.75) is 12.3 Å². The minimum atomic E-state index is -4.68. The molecular weight excluding hydrogens is 277 g/mol. The van der Waals surface area contributed by atoms with Crippen LogP contribution in [-0.4, -0.2) is 35.8 Å². The van der Waals surface area contributed by atoms with Gasteiger partial charge in [0.15, 0.2) is 6.10 Å². The van der Waals surface area contributed by atoms with Crippen LogP contribution < -0.4 is 16.2 Å². The quantitative estimate of drug-likeness (QED) is 0.604. The molecule has 1 unspecified atom stereocenters. The molecule has 1 aliphatic rings. The topological polar surface area (TPSA) is 100 Å². The first-order valence-corrected chi connectivity index (χ1v) is 5.63. The Balaban J connectivity index is 2.33. The van der Waals surface area contributed by atoms with Crippen molar-refractivity contribution in [3.8, 4) is 6.07 Å². The summed E-state index contributed by atoms with van der Waals surface area (Å²) in [5.74, 6) is 3.72. The summed E-state index contributed by atoms with van der Waals surface area (Å²) in [6, 6.07) is 3.19. The Morgan fingerprint density at radius 2 is 2.25 bits per heavy atom. The second-order valence-corrected chi connectivity index (χ2v) is 4.01. The molecule has 1 atom stereocenters. The third-order valence-electron chi connectivity index (χ3n) is 2.65. The van der Waals surface area contributed by atoms with Crippen LogP contribution in [0.25, 0.3) is 0 Å². The summed E-state index contributed by atoms with van der Waals surface area (Å²) >= 11 is 0. The molecule has 20 heavy (non-hydrogen) atoms. The fraction of sp³-hybridized carbons (Fsp3) is 0.500. The lowest BCUT2D eigenvalue weighted by molar-refractivity contribution is -0.144. The number of ether oxygens (including phenoxy) is 1. The average molecular weight is 288 g/mol. The maximum atomic E-state index is 12.7. The summed E-state index contributed by atoms with van der Waals surface area (Å²) in [4.78, 5) is 8.26. The van der Waals surface area contributed by atoms with Crippen molar-refractivity contribution in [1.82, 2.24) is 9.97 Å². The standard InChI is InChI=1S/C10H11F3N6O/c11-10(12,13)9-16-7(18-15)3-8(17-9)19-1-2-20-6(4-14)5-19/h3,6H,1-2,5,15H2,(H,16,17,18). The van der Waals surface area contributed by atoms with Gasteiger partial charge in [-0.05, 0) is 0 Å². The van der Waals surface area contributed by atoms with Crippen LogP contribution in [0.2, 0.25) is 0 Å². The van der Waals surface area contributed by atoms with Gasteiger partial charge in [-0.25, -0.2) is 15.8 Å². The number of nitrogens with one attached hydrogen (secondary N) is 1. The molecule has 108 valence electrons. The van der Waals surface area contributed by atoms with Gasteiger partial charge < -0.3 is 15.1 Å². The fourth-order valence-electron chi connectivity index (χ4n) is 1.73. The molecule has 1 fully saturated rings. The Morgan fingerprint density at radius 3 is 2.85 bits per heavy atom. The summed E-state index contributed by atoms with van der Waals surface area (Å²) in [7, 11) is 0. The van der Waals surface area contributed by atoms with Crippen molar-refractivity contribution in [1.29, 1.82) is 5.26 Å². The summed E-state index contributed by atoms with van der Waals surface area (Å²) in [6.07, 6.45) is -5.38. The van der Waals surface area contributed by atoms with Crippen molar-refractivity contribution >= 4 is 11.6 Å². The Morgan fingerprint density at radius 1 is 1.50 bits per heavy atom. The predicted octanol–water partition coefficient (Wildman–Crippen LogP) is 0.510. The molecule has 0 saturated carbocycles. The van der Waals surface area contributed by atoms with Gasteiger partial charge in [-0.1, -0.05) is 0 Å². The van der Waals surface area contributed by atoms with Gasteiger partial charge >= 0.3 is 6.18 Å². The number of nitrogens with two attached hydrogens (primary N) is 1. The highest BCUT2D eigenvalue weighted by Crippen LogP contribution is 2.29. The van der Waals surface area contributed by atoms with Crippen molar-refractivity contribution in [3.63, 3.8) is 0 Å². The number of halogens is 3. The van der Waals surface area contributed by atoms with E-state index in [1.165, 1.54) is 11.0 Å². The minimum absolute atomic E-state index is 0.0452. The number of rotatable bonds is 2. The molecule has 1 aromatic rings. The Hall–Kier alpha value is -2.12. The first-order valence-electron chi connectivity index (χ1n) is 5.63. The number of aromatic nitrogens is 2. The molecule has 0 bridgehead atoms. The van der Waals surface area contributed by atoms with Gasteiger partial charge in [-0.2, -0.15) is 18.4 Å². The van der Waals surface area contributed by atoms with Crippen LogP contribution in [0.15, 0.2) is 6.07 Å². The maximum absolute atomic E-state index is 12.7. The molecule has 1 aliphatic heterocycles. The lowest BCUT2D eigenvalue weighted by Crippen LogP contribution is -2.42. The average Bonchev–Trinajstić information content (AvgIpc) is 2.46. The number of hydrogen-bond acceptors (Lipinski definition) is 7. The van der Waals surface area contributed by atoms with Gasteiger partial charge in [-0.15, -0.1) is 0 Å². The van der Waals surface area contributed by atoms with E-state index in [2.05, 4.69) is 15.4 Å². The second-order valence-electron chi connectivity index (χ2n) is 4.01. The molecule has 7 nitrogen and oxygen atoms in total. The van der Waals surface area contributed by atoms with E-state index in [0.29, 0.717) is 6.54 Å². The van der Waals surface area contributed by atoms with Crippen molar-refractivity contribution < 1.29 is 17.9 Å². The van der Waals surface area contributed by atoms with E-state index >= 15 is 0 Å². The fourth-order valence-corrected chi connectivity index (χ4v) is 1.73. The zero-order valence-corrected chi connectivity index (χ0v) is 10.2. The number of anilines is 2. The van der Waals surface area contributed by atoms with E-state index in [0.717, 1.165) is 0 Å². The van der Waals surface area contributed by atoms with Gasteiger partial charge in [0.1, 0.15) is 11.6 Å². The molecule has 1 saturated heterocycles. The lowest BCUT2D eigenvalue weighted by atomic mass is 10.3. The van der Waals surface area contributed by atoms with Gasteiger partial charge in [0.05, 0.1) is 19.2 Å². The van der Waals surface area contributed by atoms with Crippen LogP contribution in [0, 0.1) is 11.3 Å². The van der Waals surface area contributed by atoms with Gasteiger partial charge in [0, 0.05) is 12.6 Å². The summed E-state index contributed by atoms with van der Waals surface area (Å²) in [5, 5.41) is 8.79. The second kappa shape index (κ2) is 5.48. The molecule has 10 heteroatoms. The van der Waals surface area contributed by atoms with E-state index in [9.17, 15) is 13.2 Å². The molecule has 2 heterocycles. The van der Waals surface area contributed by atoms with Crippen LogP contribution in [0.5, 0.6) is 0 Å². The highest BCUT2D eigenvalue weighted by molar-refractivity contribution is 5.49. The highest BCUT2D eigenvalue weighted by Gasteiger charge is 2.36. The Bertz CT molecular complexity index is 529. The first kappa shape index (κ1) is 14.3. The number of hydrogen-bond donors (Lipinski definition) is 2. The number of nitrogen functional groups attached to an aromatic ring is 1. The van der Waals surface area contributed by atoms with Gasteiger partial charge in [0.25, 0.3) is 0 Å². The van der Waals surface area contributed by atoms with Crippen LogP contribution in [0.1, 0.15) is 5.82 Å². The van der Waals surface area contributed by atoms with Crippen LogP contribution in [-0.2, 0) is 10.9 Å². The van der Waals surface area contributed by atoms with E-state index < -0.39 is 18.1 Å². The molecule has 0 aliphatic carbocycles. The van der Waals surface area contributed by atoms with Crippen LogP contribution in [0.4, 0.5) is 24.8 Å². The number of alkyl halides is 3. The monoisotopic (exact) mass is 288 g/mol. The van der Waals surface area contributed by atoms with Crippen molar-refractivity contribution in [2.24, 2.45) is 5.84 Å². The minimum Gasteiger partial charge on any atom is -0.360 e. The summed E-state index contributed by atoms with van der Waals surface area (Å²) in [5.41, 5.74) is 2.07. The smallest absolute Gasteiger partial charge is 0.360 e. The van der Waals surface area contributed by atoms with Crippen LogP contribution >= 0.6 is 0 Å². The normalized spacial score (nSPS) is 19.6. The number of hydrazine groups is 1. The van der Waals surface area contributed by atoms with Crippen molar-refractivity contribution in [2.75, 3.05) is 30.0 Å². The molecule has 1 aromatic heterocycles. The molecule has 2 rings (SSSR count). The van der Waals surface area contributed by atoms with Gasteiger partial charge in [-0.3, -0.25) is 0 Å². The highest BCUT2D eigenvalue weighted by atomic mass is 19.4. The largest absolute Gasteiger partial charge is 0.451 e. The number of nitrogens with zero attached hydrogens (tertiary/aromatic N) is 4. The Labute approximate surface area is 112 Å². The SMILES string of the molecule is N#CC1CN(c2cc(NN)nc(C(F)(F)F)n2)CCO1. The predicted molar refractivity (Wildman–Crippen MR) is 62.4 cm³/mol. The zero-order chi connectivity index (χ0) is 14.8. The van der Waals surface area contributed by atoms with Crippen LogP contribution in [0.3, 0.4) is 0 Å². The Kier molecular flexibility index (Phi) is 3.91. The van der Waals surface area contributed by atoms with Gasteiger partial charge in [0.2, 0.25) is 5.82 Å². The molecular formula is C10H11F3N6O. The molecule has 0 spiro atoms. The van der Waals surface area contributed by atoms with Crippen molar-refractivity contribution in [3.05, 3.63) is 11.9 Å². The first-order chi connectivity index (χ1) is 9.44. The molecule has 3 N–H and O–H groups in total. The summed E-state index contributed by atoms with van der Waals surface area (Å²) in [6.45, 7) is 0.695. The third kappa shape index (κ3) is 3.06. The molecule has 0 radical (unpaired) electrons. The number of nitriles is 1. The summed E-state index contributed by atoms with van der Waals surface area (Å²) < 4.78 is 43.2. The van der Waals surface area contributed by atoms with E-state index in [1.54, 1.807) is 0 Å². The maximum Gasteiger partial charge on any atom is 0.451 e. The van der Waals surface area contributed by atoms with E-state index in [1.807, 2.05) is 6.07 Å². The third-order valence-corrected chi connectivity index (χ3v) is 2.65. The lowest BCUT2D eigenvalue weighted by Gasteiger charge is -2.31. The van der Waals surface area contributed by atoms with E-state index in [-0.39, 0.29) is 24.8 Å². The zero-order valence-electron chi connectivity index (χ0n) is 10.2. The molecule has 0 aromatic carbocycles. The number of morpholine rings is 1. The molecule has 0 amide bonds. The van der Waals surface area contributed by atoms with E-state index in [4.69, 9.17) is 15.8 Å².